The van der Waals surface area contributed by atoms with E-state index in [4.69, 9.17) is 14.2 Å². The molecule has 164 valence electrons. The molecule has 3 fully saturated rings. The van der Waals surface area contributed by atoms with Crippen LogP contribution in [0, 0.1) is 17.8 Å². The number of carbonyl (C=O) groups excluding carboxylic acids is 2. The van der Waals surface area contributed by atoms with Gasteiger partial charge in [0.2, 0.25) is 5.91 Å². The molecule has 1 N–H and O–H groups in total. The third-order valence-electron chi connectivity index (χ3n) is 6.34. The molecule has 2 saturated heterocycles. The molecule has 2 aliphatic heterocycles. The summed E-state index contributed by atoms with van der Waals surface area (Å²) in [6.45, 7) is 6.18. The fourth-order valence-electron chi connectivity index (χ4n) is 4.95. The summed E-state index contributed by atoms with van der Waals surface area (Å²) in [5, 5.41) is 3.54. The second kappa shape index (κ2) is 9.04. The maximum Gasteiger partial charge on any atom is 0.422 e. The number of hydrogen-bond donors (Lipinski definition) is 1. The zero-order chi connectivity index (χ0) is 21.1. The smallest absolute Gasteiger partial charge is 0.410 e. The molecule has 2 amide bonds. The van der Waals surface area contributed by atoms with E-state index in [9.17, 15) is 9.59 Å². The van der Waals surface area contributed by atoms with E-state index in [0.29, 0.717) is 44.0 Å². The van der Waals surface area contributed by atoms with Gasteiger partial charge >= 0.3 is 6.09 Å². The van der Waals surface area contributed by atoms with Crippen molar-refractivity contribution in [2.24, 2.45) is 17.8 Å². The van der Waals surface area contributed by atoms with Crippen LogP contribution in [-0.4, -0.2) is 55.0 Å². The quantitative estimate of drug-likeness (QED) is 0.812. The third-order valence-corrected chi connectivity index (χ3v) is 6.34. The van der Waals surface area contributed by atoms with E-state index in [1.54, 1.807) is 24.3 Å². The van der Waals surface area contributed by atoms with Crippen LogP contribution in [0.2, 0.25) is 0 Å². The minimum atomic E-state index is -0.607. The average Bonchev–Trinajstić information content (AvgIpc) is 3.19. The number of fused-ring (bicyclic) bond motifs is 1. The minimum absolute atomic E-state index is 0.153. The molecule has 7 nitrogen and oxygen atoms in total. The van der Waals surface area contributed by atoms with Gasteiger partial charge in [0.25, 0.3) is 0 Å². The molecule has 1 aromatic carbocycles. The molecule has 30 heavy (non-hydrogen) atoms. The van der Waals surface area contributed by atoms with Crippen LogP contribution >= 0.6 is 0 Å². The van der Waals surface area contributed by atoms with E-state index in [0.717, 1.165) is 25.7 Å². The number of nitrogens with zero attached hydrogens (tertiary/aromatic N) is 1. The molecule has 7 heteroatoms. The Labute approximate surface area is 178 Å². The Morgan fingerprint density at radius 3 is 2.67 bits per heavy atom. The largest absolute Gasteiger partial charge is 0.422 e. The summed E-state index contributed by atoms with van der Waals surface area (Å²) in [4.78, 5) is 27.5. The first-order chi connectivity index (χ1) is 14.5. The second-order valence-corrected chi connectivity index (χ2v) is 9.08. The lowest BCUT2D eigenvalue weighted by Crippen LogP contribution is -2.56. The lowest BCUT2D eigenvalue weighted by molar-refractivity contribution is -0.195. The molecule has 1 spiro atoms. The summed E-state index contributed by atoms with van der Waals surface area (Å²) in [5.41, 5.74) is 0. The number of benzene rings is 1. The molecule has 2 heterocycles. The Balaban J connectivity index is 1.44. The molecule has 1 aliphatic carbocycles. The summed E-state index contributed by atoms with van der Waals surface area (Å²) < 4.78 is 17.3. The maximum atomic E-state index is 13.4. The van der Waals surface area contributed by atoms with Crippen LogP contribution < -0.4 is 10.1 Å². The lowest BCUT2D eigenvalue weighted by atomic mass is 9.73. The molecular formula is C23H32N2O5. The molecule has 0 unspecified atom stereocenters. The highest BCUT2D eigenvalue weighted by atomic mass is 16.7. The van der Waals surface area contributed by atoms with Crippen LogP contribution in [0.1, 0.15) is 39.5 Å². The average molecular weight is 417 g/mol. The summed E-state index contributed by atoms with van der Waals surface area (Å²) in [6.07, 6.45) is 2.80. The SMILES string of the molecule is CC(C)CN(C(=O)Oc1ccccc1)C(=O)[C@H]1CN[C@@H]2CCC3(C[C@H]2C1)OCCO3. The van der Waals surface area contributed by atoms with E-state index >= 15 is 0 Å². The molecule has 1 aromatic rings. The van der Waals surface area contributed by atoms with Gasteiger partial charge < -0.3 is 19.5 Å². The molecule has 0 bridgehead atoms. The number of carbonyl (C=O) groups is 2. The van der Waals surface area contributed by atoms with E-state index in [-0.39, 0.29) is 17.7 Å². The first-order valence-corrected chi connectivity index (χ1v) is 11.1. The number of amides is 2. The summed E-state index contributed by atoms with van der Waals surface area (Å²) in [6, 6.07) is 9.26. The maximum absolute atomic E-state index is 13.4. The molecule has 3 atom stereocenters. The van der Waals surface area contributed by atoms with Gasteiger partial charge in [0.15, 0.2) is 5.79 Å². The highest BCUT2D eigenvalue weighted by molar-refractivity contribution is 5.94. The van der Waals surface area contributed by atoms with Crippen LogP contribution in [0.25, 0.3) is 0 Å². The number of rotatable bonds is 4. The Kier molecular flexibility index (Phi) is 6.41. The fourth-order valence-corrected chi connectivity index (χ4v) is 4.95. The first kappa shape index (κ1) is 21.3. The second-order valence-electron chi connectivity index (χ2n) is 9.08. The molecule has 3 aliphatic rings. The van der Waals surface area contributed by atoms with Gasteiger partial charge in [-0.1, -0.05) is 32.0 Å². The van der Waals surface area contributed by atoms with Crippen molar-refractivity contribution >= 4 is 12.0 Å². The van der Waals surface area contributed by atoms with Gasteiger partial charge in [-0.05, 0) is 36.8 Å². The van der Waals surface area contributed by atoms with Crippen molar-refractivity contribution < 1.29 is 23.8 Å². The van der Waals surface area contributed by atoms with E-state index in [1.165, 1.54) is 4.90 Å². The van der Waals surface area contributed by atoms with Crippen molar-refractivity contribution in [3.8, 4) is 5.75 Å². The van der Waals surface area contributed by atoms with E-state index < -0.39 is 11.9 Å². The van der Waals surface area contributed by atoms with Gasteiger partial charge in [0.05, 0.1) is 19.1 Å². The Bertz CT molecular complexity index is 747. The lowest BCUT2D eigenvalue weighted by Gasteiger charge is -2.46. The summed E-state index contributed by atoms with van der Waals surface area (Å²) >= 11 is 0. The van der Waals surface area contributed by atoms with Gasteiger partial charge in [-0.15, -0.1) is 0 Å². The Morgan fingerprint density at radius 2 is 1.97 bits per heavy atom. The van der Waals surface area contributed by atoms with Gasteiger partial charge in [0.1, 0.15) is 5.75 Å². The van der Waals surface area contributed by atoms with E-state index in [2.05, 4.69) is 5.32 Å². The van der Waals surface area contributed by atoms with E-state index in [1.807, 2.05) is 19.9 Å². The van der Waals surface area contributed by atoms with Crippen LogP contribution in [-0.2, 0) is 14.3 Å². The third kappa shape index (κ3) is 4.68. The predicted molar refractivity (Wildman–Crippen MR) is 111 cm³/mol. The van der Waals surface area contributed by atoms with Crippen LogP contribution in [0.15, 0.2) is 30.3 Å². The van der Waals surface area contributed by atoms with Crippen LogP contribution in [0.4, 0.5) is 4.79 Å². The van der Waals surface area contributed by atoms with Gasteiger partial charge in [-0.25, -0.2) is 9.69 Å². The molecule has 0 aromatic heterocycles. The van der Waals surface area contributed by atoms with Crippen molar-refractivity contribution in [2.45, 2.75) is 51.4 Å². The van der Waals surface area contributed by atoms with Crippen molar-refractivity contribution in [1.29, 1.82) is 0 Å². The normalized spacial score (nSPS) is 27.6. The molecule has 1 saturated carbocycles. The molecular weight excluding hydrogens is 384 g/mol. The van der Waals surface area contributed by atoms with Gasteiger partial charge in [-0.3, -0.25) is 4.79 Å². The molecule has 4 rings (SSSR count). The predicted octanol–water partition coefficient (Wildman–Crippen LogP) is 3.19. The Hall–Kier alpha value is -1.96. The number of hydrogen-bond acceptors (Lipinski definition) is 6. The number of para-hydroxylation sites is 1. The topological polar surface area (TPSA) is 77.1 Å². The summed E-state index contributed by atoms with van der Waals surface area (Å²) in [5.74, 6) is -0.00754. The highest BCUT2D eigenvalue weighted by Crippen LogP contribution is 2.42. The number of piperidine rings is 1. The monoisotopic (exact) mass is 416 g/mol. The number of imide groups is 1. The van der Waals surface area contributed by atoms with Crippen molar-refractivity contribution in [3.05, 3.63) is 30.3 Å². The van der Waals surface area contributed by atoms with Gasteiger partial charge in [-0.2, -0.15) is 0 Å². The van der Waals surface area contributed by atoms with Crippen molar-refractivity contribution in [3.63, 3.8) is 0 Å². The number of ether oxygens (including phenoxy) is 3. The van der Waals surface area contributed by atoms with Gasteiger partial charge in [0, 0.05) is 32.0 Å². The number of nitrogens with one attached hydrogen (secondary N) is 1. The zero-order valence-electron chi connectivity index (χ0n) is 17.8. The fraction of sp³-hybridized carbons (Fsp3) is 0.652. The summed E-state index contributed by atoms with van der Waals surface area (Å²) in [7, 11) is 0. The minimum Gasteiger partial charge on any atom is -0.410 e. The standard InChI is InChI=1S/C23H32N2O5/c1-16(2)15-25(22(27)30-19-6-4-3-5-7-19)21(26)18-12-17-13-23(28-10-11-29-23)9-8-20(17)24-14-18/h3-7,16-18,20,24H,8-15H2,1-2H3/t17-,18-,20-/m1/s1. The first-order valence-electron chi connectivity index (χ1n) is 11.1. The zero-order valence-corrected chi connectivity index (χ0v) is 17.8. The van der Waals surface area contributed by atoms with Crippen LogP contribution in [0.5, 0.6) is 5.75 Å². The van der Waals surface area contributed by atoms with Crippen LogP contribution in [0.3, 0.4) is 0 Å². The molecule has 0 radical (unpaired) electrons. The van der Waals surface area contributed by atoms with Crippen molar-refractivity contribution in [2.75, 3.05) is 26.3 Å². The highest BCUT2D eigenvalue weighted by Gasteiger charge is 2.48. The Morgan fingerprint density at radius 1 is 1.23 bits per heavy atom. The van der Waals surface area contributed by atoms with Crippen molar-refractivity contribution in [1.82, 2.24) is 10.2 Å².